The minimum atomic E-state index is -0.105. The molecule has 4 rings (SSSR count). The topological polar surface area (TPSA) is 46.2 Å². The molecule has 1 N–H and O–H groups in total. The number of nitrogens with one attached hydrogen (secondary N) is 1. The molecule has 152 valence electrons. The number of hydrogen-bond acceptors (Lipinski definition) is 2. The van der Waals surface area contributed by atoms with E-state index >= 15 is 0 Å². The van der Waals surface area contributed by atoms with Crippen molar-refractivity contribution in [3.05, 3.63) is 89.5 Å². The first kappa shape index (κ1) is 20.1. The Morgan fingerprint density at radius 3 is 1.93 bits per heavy atom. The van der Waals surface area contributed by atoms with Crippen LogP contribution in [0.2, 0.25) is 0 Å². The Labute approximate surface area is 178 Å². The summed E-state index contributed by atoms with van der Waals surface area (Å²) in [5.74, 6) is 0.706. The van der Waals surface area contributed by atoms with Crippen LogP contribution in [0.4, 0.5) is 5.69 Å². The number of hydrogen-bond donors (Lipinski definition) is 1. The van der Waals surface area contributed by atoms with Crippen LogP contribution in [-0.2, 0) is 4.79 Å². The number of rotatable bonds is 5. The van der Waals surface area contributed by atoms with Gasteiger partial charge in [0, 0.05) is 17.2 Å². The van der Waals surface area contributed by atoms with Crippen LogP contribution in [0.25, 0.3) is 11.1 Å². The monoisotopic (exact) mass is 397 g/mol. The van der Waals surface area contributed by atoms with Gasteiger partial charge in [-0.05, 0) is 79.5 Å². The summed E-state index contributed by atoms with van der Waals surface area (Å²) < 4.78 is 0. The molecule has 0 bridgehead atoms. The van der Waals surface area contributed by atoms with Crippen molar-refractivity contribution in [2.45, 2.75) is 38.5 Å². The highest BCUT2D eigenvalue weighted by Crippen LogP contribution is 2.35. The summed E-state index contributed by atoms with van der Waals surface area (Å²) in [6, 6.07) is 24.2. The molecule has 0 saturated heterocycles. The minimum Gasteiger partial charge on any atom is -0.322 e. The SMILES string of the molecule is Cc1ccc(NC(=O)c2ccc(-c3ccc(C4CCC(C=O)CC4)cc3)cc2)cc1. The summed E-state index contributed by atoms with van der Waals surface area (Å²) in [6.45, 7) is 2.02. The Hall–Kier alpha value is -3.20. The lowest BCUT2D eigenvalue weighted by atomic mass is 9.79. The molecule has 1 fully saturated rings. The quantitative estimate of drug-likeness (QED) is 0.507. The van der Waals surface area contributed by atoms with Crippen LogP contribution in [0.15, 0.2) is 72.8 Å². The van der Waals surface area contributed by atoms with E-state index in [1.165, 1.54) is 5.56 Å². The maximum atomic E-state index is 12.5. The first-order valence-corrected chi connectivity index (χ1v) is 10.7. The van der Waals surface area contributed by atoms with Gasteiger partial charge in [0.25, 0.3) is 5.91 Å². The zero-order chi connectivity index (χ0) is 20.9. The maximum Gasteiger partial charge on any atom is 0.255 e. The van der Waals surface area contributed by atoms with Gasteiger partial charge in [0.1, 0.15) is 6.29 Å². The van der Waals surface area contributed by atoms with E-state index in [4.69, 9.17) is 0 Å². The molecule has 0 atom stereocenters. The lowest BCUT2D eigenvalue weighted by Crippen LogP contribution is -2.14. The van der Waals surface area contributed by atoms with Gasteiger partial charge in [0.05, 0.1) is 0 Å². The predicted molar refractivity (Wildman–Crippen MR) is 122 cm³/mol. The third kappa shape index (κ3) is 4.68. The molecule has 30 heavy (non-hydrogen) atoms. The number of carbonyl (C=O) groups excluding carboxylic acids is 2. The van der Waals surface area contributed by atoms with Crippen molar-refractivity contribution in [3.63, 3.8) is 0 Å². The second-order valence-corrected chi connectivity index (χ2v) is 8.27. The van der Waals surface area contributed by atoms with E-state index in [2.05, 4.69) is 29.6 Å². The molecule has 0 aliphatic heterocycles. The van der Waals surface area contributed by atoms with Crippen LogP contribution >= 0.6 is 0 Å². The fourth-order valence-electron chi connectivity index (χ4n) is 4.19. The number of aryl methyl sites for hydroxylation is 1. The largest absolute Gasteiger partial charge is 0.322 e. The number of carbonyl (C=O) groups is 2. The average molecular weight is 398 g/mol. The molecule has 1 aliphatic carbocycles. The van der Waals surface area contributed by atoms with Crippen molar-refractivity contribution in [2.75, 3.05) is 5.32 Å². The van der Waals surface area contributed by atoms with Crippen molar-refractivity contribution >= 4 is 17.9 Å². The van der Waals surface area contributed by atoms with Crippen molar-refractivity contribution in [1.29, 1.82) is 0 Å². The van der Waals surface area contributed by atoms with Gasteiger partial charge in [-0.2, -0.15) is 0 Å². The van der Waals surface area contributed by atoms with Crippen LogP contribution in [0.5, 0.6) is 0 Å². The molecule has 1 aliphatic rings. The summed E-state index contributed by atoms with van der Waals surface area (Å²) in [5.41, 5.74) is 6.20. The number of aldehydes is 1. The standard InChI is InChI=1S/C27H27NO2/c1-19-2-16-26(17-3-19)28-27(30)25-14-12-24(13-15-25)23-10-8-22(9-11-23)21-6-4-20(18-29)5-7-21/h2-3,8-18,20-21H,4-7H2,1H3,(H,28,30). The van der Waals surface area contributed by atoms with Gasteiger partial charge >= 0.3 is 0 Å². The second kappa shape index (κ2) is 9.08. The molecule has 0 unspecified atom stereocenters. The lowest BCUT2D eigenvalue weighted by Gasteiger charge is -2.25. The Morgan fingerprint density at radius 1 is 0.800 bits per heavy atom. The summed E-state index contributed by atoms with van der Waals surface area (Å²) in [4.78, 5) is 23.4. The number of anilines is 1. The molecular formula is C27H27NO2. The predicted octanol–water partition coefficient (Wildman–Crippen LogP) is 6.39. The van der Waals surface area contributed by atoms with E-state index in [1.807, 2.05) is 55.5 Å². The molecular weight excluding hydrogens is 370 g/mol. The third-order valence-corrected chi connectivity index (χ3v) is 6.14. The third-order valence-electron chi connectivity index (χ3n) is 6.14. The number of benzene rings is 3. The van der Waals surface area contributed by atoms with Gasteiger partial charge in [-0.15, -0.1) is 0 Å². The lowest BCUT2D eigenvalue weighted by molar-refractivity contribution is -0.111. The van der Waals surface area contributed by atoms with Crippen molar-refractivity contribution in [3.8, 4) is 11.1 Å². The highest BCUT2D eigenvalue weighted by atomic mass is 16.1. The van der Waals surface area contributed by atoms with Crippen LogP contribution in [0, 0.1) is 12.8 Å². The fraction of sp³-hybridized carbons (Fsp3) is 0.259. The summed E-state index contributed by atoms with van der Waals surface area (Å²) >= 11 is 0. The first-order valence-electron chi connectivity index (χ1n) is 10.7. The maximum absolute atomic E-state index is 12.5. The normalized spacial score (nSPS) is 18.6. The molecule has 1 saturated carbocycles. The van der Waals surface area contributed by atoms with Gasteiger partial charge in [-0.1, -0.05) is 54.1 Å². The molecule has 3 heteroatoms. The van der Waals surface area contributed by atoms with Crippen molar-refractivity contribution in [2.24, 2.45) is 5.92 Å². The van der Waals surface area contributed by atoms with Crippen molar-refractivity contribution in [1.82, 2.24) is 0 Å². The molecule has 3 nitrogen and oxygen atoms in total. The Morgan fingerprint density at radius 2 is 1.37 bits per heavy atom. The van der Waals surface area contributed by atoms with Crippen molar-refractivity contribution < 1.29 is 9.59 Å². The molecule has 3 aromatic carbocycles. The molecule has 0 heterocycles. The molecule has 0 radical (unpaired) electrons. The highest BCUT2D eigenvalue weighted by Gasteiger charge is 2.21. The Balaban J connectivity index is 1.40. The summed E-state index contributed by atoms with van der Waals surface area (Å²) in [7, 11) is 0. The van der Waals surface area contributed by atoms with Gasteiger partial charge in [0.15, 0.2) is 0 Å². The smallest absolute Gasteiger partial charge is 0.255 e. The zero-order valence-corrected chi connectivity index (χ0v) is 17.3. The van der Waals surface area contributed by atoms with Crippen LogP contribution in [0.3, 0.4) is 0 Å². The van der Waals surface area contributed by atoms with Gasteiger partial charge < -0.3 is 10.1 Å². The number of amides is 1. The van der Waals surface area contributed by atoms with Gasteiger partial charge in [-0.3, -0.25) is 4.79 Å². The highest BCUT2D eigenvalue weighted by molar-refractivity contribution is 6.04. The van der Waals surface area contributed by atoms with E-state index in [0.29, 0.717) is 11.5 Å². The van der Waals surface area contributed by atoms with Gasteiger partial charge in [-0.25, -0.2) is 0 Å². The molecule has 0 aromatic heterocycles. The van der Waals surface area contributed by atoms with Gasteiger partial charge in [0.2, 0.25) is 0 Å². The van der Waals surface area contributed by atoms with Crippen LogP contribution in [-0.4, -0.2) is 12.2 Å². The fourth-order valence-corrected chi connectivity index (χ4v) is 4.19. The zero-order valence-electron chi connectivity index (χ0n) is 17.3. The Kier molecular flexibility index (Phi) is 6.08. The van der Waals surface area contributed by atoms with E-state index in [-0.39, 0.29) is 11.8 Å². The van der Waals surface area contributed by atoms with Crippen LogP contribution in [0.1, 0.15) is 53.1 Å². The second-order valence-electron chi connectivity index (χ2n) is 8.27. The van der Waals surface area contributed by atoms with E-state index < -0.39 is 0 Å². The summed E-state index contributed by atoms with van der Waals surface area (Å²) in [5, 5.41) is 2.94. The van der Waals surface area contributed by atoms with E-state index in [0.717, 1.165) is 54.3 Å². The molecule has 0 spiro atoms. The molecule has 3 aromatic rings. The summed E-state index contributed by atoms with van der Waals surface area (Å²) in [6.07, 6.45) is 5.30. The van der Waals surface area contributed by atoms with E-state index in [1.54, 1.807) is 0 Å². The van der Waals surface area contributed by atoms with E-state index in [9.17, 15) is 9.59 Å². The Bertz CT molecular complexity index is 996. The van der Waals surface area contributed by atoms with Crippen LogP contribution < -0.4 is 5.32 Å². The molecule has 1 amide bonds. The minimum absolute atomic E-state index is 0.105. The first-order chi connectivity index (χ1) is 14.6. The average Bonchev–Trinajstić information content (AvgIpc) is 2.81.